The predicted molar refractivity (Wildman–Crippen MR) is 65.5 cm³/mol. The number of hydrogen-bond donors (Lipinski definition) is 1. The average molecular weight is 238 g/mol. The first-order valence-electron chi connectivity index (χ1n) is 5.00. The molecule has 0 aliphatic carbocycles. The van der Waals surface area contributed by atoms with Crippen LogP contribution in [0.1, 0.15) is 5.56 Å². The smallest absolute Gasteiger partial charge is 0.274 e. The molecule has 0 atom stereocenters. The number of rotatable bonds is 4. The van der Waals surface area contributed by atoms with Crippen LogP contribution in [0, 0.1) is 0 Å². The Hall–Kier alpha value is -1.33. The van der Waals surface area contributed by atoms with Crippen molar-refractivity contribution < 1.29 is 9.47 Å². The lowest BCUT2D eigenvalue weighted by Gasteiger charge is -2.04. The molecule has 0 fully saturated rings. The molecule has 2 aromatic rings. The van der Waals surface area contributed by atoms with Crippen molar-refractivity contribution in [3.63, 3.8) is 0 Å². The van der Waals surface area contributed by atoms with Crippen LogP contribution in [-0.4, -0.2) is 25.7 Å². The summed E-state index contributed by atoms with van der Waals surface area (Å²) in [4.78, 5) is 4.38. The van der Waals surface area contributed by atoms with E-state index in [1.807, 2.05) is 12.1 Å². The van der Waals surface area contributed by atoms with E-state index in [-0.39, 0.29) is 0 Å². The molecule has 0 aliphatic heterocycles. The first-order valence-corrected chi connectivity index (χ1v) is 5.82. The molecule has 4 nitrogen and oxygen atoms in total. The Morgan fingerprint density at radius 2 is 2.12 bits per heavy atom. The topological polar surface area (TPSA) is 57.4 Å². The molecule has 0 bridgehead atoms. The average Bonchev–Trinajstić information content (AvgIpc) is 2.74. The molecule has 0 radical (unpaired) electrons. The van der Waals surface area contributed by atoms with E-state index < -0.39 is 0 Å². The van der Waals surface area contributed by atoms with Gasteiger partial charge in [-0.1, -0.05) is 17.4 Å². The highest BCUT2D eigenvalue weighted by Crippen LogP contribution is 2.36. The Balaban J connectivity index is 2.62. The largest absolute Gasteiger partial charge is 0.494 e. The van der Waals surface area contributed by atoms with Crippen LogP contribution in [0.25, 0.3) is 10.2 Å². The number of nitrogens with two attached hydrogens (primary N) is 1. The summed E-state index contributed by atoms with van der Waals surface area (Å²) in [7, 11) is 3.26. The summed E-state index contributed by atoms with van der Waals surface area (Å²) in [6.45, 7) is 0.627. The summed E-state index contributed by atoms with van der Waals surface area (Å²) in [6.07, 6.45) is 0.839. The second kappa shape index (κ2) is 4.67. The maximum atomic E-state index is 5.58. The van der Waals surface area contributed by atoms with E-state index in [9.17, 15) is 0 Å². The molecule has 0 saturated heterocycles. The van der Waals surface area contributed by atoms with Crippen LogP contribution in [0.2, 0.25) is 0 Å². The lowest BCUT2D eigenvalue weighted by atomic mass is 10.1. The van der Waals surface area contributed by atoms with E-state index in [2.05, 4.69) is 4.98 Å². The standard InChI is InChI=1S/C11H14N2O2S/c1-14-8-4-3-7(5-6-12)10-9(8)13-11(15-2)16-10/h3-4H,5-6,12H2,1-2H3. The van der Waals surface area contributed by atoms with Gasteiger partial charge >= 0.3 is 0 Å². The molecule has 1 aromatic heterocycles. The molecular weight excluding hydrogens is 224 g/mol. The maximum absolute atomic E-state index is 5.58. The number of benzene rings is 1. The van der Waals surface area contributed by atoms with Gasteiger partial charge in [0, 0.05) is 0 Å². The number of nitrogens with zero attached hydrogens (tertiary/aromatic N) is 1. The Morgan fingerprint density at radius 3 is 2.75 bits per heavy atom. The molecule has 0 aliphatic rings. The molecule has 0 saturated carbocycles. The second-order valence-corrected chi connectivity index (χ2v) is 4.29. The molecule has 5 heteroatoms. The molecule has 2 rings (SSSR count). The van der Waals surface area contributed by atoms with E-state index in [4.69, 9.17) is 15.2 Å². The second-order valence-electron chi connectivity index (χ2n) is 3.33. The number of thiazole rings is 1. The third-order valence-corrected chi connectivity index (χ3v) is 3.47. The summed E-state index contributed by atoms with van der Waals surface area (Å²) < 4.78 is 11.5. The third kappa shape index (κ3) is 1.83. The van der Waals surface area contributed by atoms with Gasteiger partial charge in [-0.05, 0) is 24.6 Å². The van der Waals surface area contributed by atoms with Gasteiger partial charge in [-0.15, -0.1) is 0 Å². The van der Waals surface area contributed by atoms with Crippen molar-refractivity contribution in [2.75, 3.05) is 20.8 Å². The van der Waals surface area contributed by atoms with Gasteiger partial charge in [-0.25, -0.2) is 0 Å². The Bertz CT molecular complexity index is 496. The number of fused-ring (bicyclic) bond motifs is 1. The van der Waals surface area contributed by atoms with E-state index in [1.54, 1.807) is 14.2 Å². The lowest BCUT2D eigenvalue weighted by molar-refractivity contribution is 0.408. The number of ether oxygens (including phenoxy) is 2. The van der Waals surface area contributed by atoms with Crippen molar-refractivity contribution in [1.29, 1.82) is 0 Å². The third-order valence-electron chi connectivity index (χ3n) is 2.38. The minimum atomic E-state index is 0.627. The van der Waals surface area contributed by atoms with Crippen molar-refractivity contribution in [3.05, 3.63) is 17.7 Å². The van der Waals surface area contributed by atoms with Gasteiger partial charge in [-0.2, -0.15) is 4.98 Å². The monoisotopic (exact) mass is 238 g/mol. The molecule has 16 heavy (non-hydrogen) atoms. The lowest BCUT2D eigenvalue weighted by Crippen LogP contribution is -2.02. The zero-order valence-corrected chi connectivity index (χ0v) is 10.1. The van der Waals surface area contributed by atoms with Gasteiger partial charge < -0.3 is 15.2 Å². The highest BCUT2D eigenvalue weighted by Gasteiger charge is 2.12. The fourth-order valence-corrected chi connectivity index (χ4v) is 2.56. The summed E-state index contributed by atoms with van der Waals surface area (Å²) in [5, 5.41) is 0.651. The Morgan fingerprint density at radius 1 is 1.31 bits per heavy atom. The van der Waals surface area contributed by atoms with Gasteiger partial charge in [0.15, 0.2) is 0 Å². The number of methoxy groups -OCH3 is 2. The summed E-state index contributed by atoms with van der Waals surface area (Å²) >= 11 is 1.52. The van der Waals surface area contributed by atoms with Crippen molar-refractivity contribution in [1.82, 2.24) is 4.98 Å². The zero-order chi connectivity index (χ0) is 11.5. The maximum Gasteiger partial charge on any atom is 0.274 e. The van der Waals surface area contributed by atoms with Crippen LogP contribution >= 0.6 is 11.3 Å². The van der Waals surface area contributed by atoms with Gasteiger partial charge in [-0.3, -0.25) is 0 Å². The fraction of sp³-hybridized carbons (Fsp3) is 0.364. The first kappa shape index (κ1) is 11.2. The quantitative estimate of drug-likeness (QED) is 0.882. The molecule has 0 amide bonds. The highest BCUT2D eigenvalue weighted by atomic mass is 32.1. The number of aromatic nitrogens is 1. The Labute approximate surface area is 98.0 Å². The van der Waals surface area contributed by atoms with Crippen LogP contribution < -0.4 is 15.2 Å². The van der Waals surface area contributed by atoms with Crippen LogP contribution in [0.3, 0.4) is 0 Å². The molecular formula is C11H14N2O2S. The van der Waals surface area contributed by atoms with E-state index in [0.29, 0.717) is 11.7 Å². The van der Waals surface area contributed by atoms with Crippen LogP contribution in [0.15, 0.2) is 12.1 Å². The molecule has 0 spiro atoms. The minimum Gasteiger partial charge on any atom is -0.494 e. The van der Waals surface area contributed by atoms with Crippen molar-refractivity contribution >= 4 is 21.6 Å². The summed E-state index contributed by atoms with van der Waals surface area (Å²) in [6, 6.07) is 3.96. The zero-order valence-electron chi connectivity index (χ0n) is 9.32. The van der Waals surface area contributed by atoms with Gasteiger partial charge in [0.25, 0.3) is 5.19 Å². The first-order chi connectivity index (χ1) is 7.80. The van der Waals surface area contributed by atoms with Crippen molar-refractivity contribution in [3.8, 4) is 10.9 Å². The highest BCUT2D eigenvalue weighted by molar-refractivity contribution is 7.20. The van der Waals surface area contributed by atoms with E-state index in [1.165, 1.54) is 16.9 Å². The fourth-order valence-electron chi connectivity index (χ4n) is 1.62. The van der Waals surface area contributed by atoms with E-state index in [0.717, 1.165) is 22.4 Å². The van der Waals surface area contributed by atoms with E-state index >= 15 is 0 Å². The van der Waals surface area contributed by atoms with Crippen molar-refractivity contribution in [2.24, 2.45) is 5.73 Å². The summed E-state index contributed by atoms with van der Waals surface area (Å²) in [5.74, 6) is 0.773. The van der Waals surface area contributed by atoms with Gasteiger partial charge in [0.05, 0.1) is 18.9 Å². The normalized spacial score (nSPS) is 10.7. The van der Waals surface area contributed by atoms with Crippen LogP contribution in [0.5, 0.6) is 10.9 Å². The Kier molecular flexibility index (Phi) is 3.26. The molecule has 2 N–H and O–H groups in total. The molecule has 86 valence electrons. The SMILES string of the molecule is COc1nc2c(OC)ccc(CCN)c2s1. The number of hydrogen-bond acceptors (Lipinski definition) is 5. The molecule has 0 unspecified atom stereocenters. The van der Waals surface area contributed by atoms with Gasteiger partial charge in [0.2, 0.25) is 0 Å². The predicted octanol–water partition coefficient (Wildman–Crippen LogP) is 1.81. The molecule has 1 aromatic carbocycles. The van der Waals surface area contributed by atoms with Gasteiger partial charge in [0.1, 0.15) is 11.3 Å². The van der Waals surface area contributed by atoms with Crippen LogP contribution in [-0.2, 0) is 6.42 Å². The molecule has 1 heterocycles. The van der Waals surface area contributed by atoms with Crippen molar-refractivity contribution in [2.45, 2.75) is 6.42 Å². The minimum absolute atomic E-state index is 0.627. The summed E-state index contributed by atoms with van der Waals surface area (Å²) in [5.41, 5.74) is 7.63. The van der Waals surface area contributed by atoms with Crippen LogP contribution in [0.4, 0.5) is 0 Å².